The van der Waals surface area contributed by atoms with Crippen LogP contribution >= 0.6 is 0 Å². The minimum atomic E-state index is 1.16. The van der Waals surface area contributed by atoms with Crippen molar-refractivity contribution < 1.29 is 0 Å². The average Bonchev–Trinajstić information content (AvgIpc) is 0.827. The van der Waals surface area contributed by atoms with E-state index in [1.807, 2.05) is 0 Å². The van der Waals surface area contributed by atoms with Gasteiger partial charge in [0.25, 0.3) is 0 Å². The second-order valence-corrected chi connectivity index (χ2v) is 36.0. The largest absolute Gasteiger partial charge is 0.310 e. The van der Waals surface area contributed by atoms with Gasteiger partial charge in [-0.2, -0.15) is 0 Å². The molecule has 0 radical (unpaired) electrons. The van der Waals surface area contributed by atoms with Crippen LogP contribution in [0.2, 0.25) is 0 Å². The van der Waals surface area contributed by atoms with Crippen LogP contribution in [-0.2, 0) is 0 Å². The molecule has 0 saturated heterocycles. The highest BCUT2D eigenvalue weighted by atomic mass is 15.2. The molecule has 0 unspecified atom stereocenters. The van der Waals surface area contributed by atoms with Gasteiger partial charge >= 0.3 is 0 Å². The van der Waals surface area contributed by atoms with E-state index in [0.717, 1.165) is 22.7 Å². The van der Waals surface area contributed by atoms with Crippen LogP contribution in [0, 0.1) is 34.6 Å². The minimum absolute atomic E-state index is 1.16. The molecule has 0 aliphatic heterocycles. The van der Waals surface area contributed by atoms with Gasteiger partial charge in [0.2, 0.25) is 0 Å². The first kappa shape index (κ1) is 88.7. The molecule has 0 heterocycles. The number of aryl methyl sites for hydroxylation is 5. The molecular formula is C135H105N5. The summed E-state index contributed by atoms with van der Waals surface area (Å²) < 4.78 is 0. The fraction of sp³-hybridized carbons (Fsp3) is 0.0370. The molecule has 25 aromatic carbocycles. The lowest BCUT2D eigenvalue weighted by Gasteiger charge is -2.28. The van der Waals surface area contributed by atoms with Crippen LogP contribution in [-0.4, -0.2) is 0 Å². The summed E-state index contributed by atoms with van der Waals surface area (Å²) in [6.07, 6.45) is 0. The van der Waals surface area contributed by atoms with Crippen LogP contribution in [0.3, 0.4) is 0 Å². The summed E-state index contributed by atoms with van der Waals surface area (Å²) in [5, 5.41) is 25.0. The number of hydrogen-bond acceptors (Lipinski definition) is 5. The predicted molar refractivity (Wildman–Crippen MR) is 604 cm³/mol. The Hall–Kier alpha value is -17.9. The molecule has 5 nitrogen and oxygen atoms in total. The molecule has 25 aromatic rings. The summed E-state index contributed by atoms with van der Waals surface area (Å²) in [5.74, 6) is 0. The van der Waals surface area contributed by atoms with Crippen LogP contribution in [0.1, 0.15) is 27.8 Å². The molecule has 0 saturated carbocycles. The number of rotatable bonds is 15. The van der Waals surface area contributed by atoms with E-state index in [1.165, 1.54) is 198 Å². The molecule has 0 aliphatic rings. The molecule has 670 valence electrons. The van der Waals surface area contributed by atoms with Gasteiger partial charge < -0.3 is 24.5 Å². The lowest BCUT2D eigenvalue weighted by molar-refractivity contribution is 1.27. The smallest absolute Gasteiger partial charge is 0.0540 e. The molecule has 0 spiro atoms. The fourth-order valence-corrected chi connectivity index (χ4v) is 19.3. The summed E-state index contributed by atoms with van der Waals surface area (Å²) >= 11 is 0. The van der Waals surface area contributed by atoms with Gasteiger partial charge in [-0.15, -0.1) is 0 Å². The minimum Gasteiger partial charge on any atom is -0.310 e. The molecule has 0 amide bonds. The monoisotopic (exact) mass is 1800 g/mol. The molecule has 25 rings (SSSR count). The predicted octanol–water partition coefficient (Wildman–Crippen LogP) is 38.9. The topological polar surface area (TPSA) is 16.2 Å². The molecule has 0 aliphatic carbocycles. The summed E-state index contributed by atoms with van der Waals surface area (Å²) in [5.41, 5.74) is 23.9. The molecule has 0 N–H and O–H groups in total. The van der Waals surface area contributed by atoms with Gasteiger partial charge in [0, 0.05) is 84.4 Å². The number of nitrogens with zero attached hydrogens (tertiary/aromatic N) is 5. The maximum Gasteiger partial charge on any atom is 0.0540 e. The van der Waals surface area contributed by atoms with E-state index in [0.29, 0.717) is 0 Å². The number of anilines is 15. The van der Waals surface area contributed by atoms with E-state index in [4.69, 9.17) is 0 Å². The maximum absolute atomic E-state index is 2.38. The van der Waals surface area contributed by atoms with Gasteiger partial charge in [0.05, 0.1) is 17.1 Å². The van der Waals surface area contributed by atoms with Gasteiger partial charge in [-0.3, -0.25) is 0 Å². The van der Waals surface area contributed by atoms with Crippen molar-refractivity contribution in [2.75, 3.05) is 24.5 Å². The quantitative estimate of drug-likeness (QED) is 0.101. The van der Waals surface area contributed by atoms with E-state index >= 15 is 0 Å². The van der Waals surface area contributed by atoms with Gasteiger partial charge in [0.15, 0.2) is 0 Å². The number of fused-ring (bicyclic) bond motifs is 10. The van der Waals surface area contributed by atoms with Gasteiger partial charge in [-0.1, -0.05) is 399 Å². The highest BCUT2D eigenvalue weighted by molar-refractivity contribution is 6.05. The maximum atomic E-state index is 2.38. The van der Waals surface area contributed by atoms with Crippen molar-refractivity contribution in [3.05, 3.63) is 574 Å². The zero-order valence-corrected chi connectivity index (χ0v) is 79.2. The Morgan fingerprint density at radius 1 is 0.107 bits per heavy atom. The van der Waals surface area contributed by atoms with Gasteiger partial charge in [0.1, 0.15) is 0 Å². The van der Waals surface area contributed by atoms with Crippen molar-refractivity contribution in [1.29, 1.82) is 0 Å². The standard InChI is InChI=1S/5C27H21N/c1-20-9-2-7-15-26(20)28(24-18-17-21-10-3-4-12-23(21)19-24)27-16-8-13-22-11-5-6-14-25(22)27;1-20-7-6-12-25(17-20)28(26-15-13-21-8-2-4-10-23(21)18-26)27-16-14-22-9-3-5-11-24(22)19-27;1-20-10-14-25(15-11-20)28(26-16-12-21-6-2-4-8-23(21)18-26)27-17-13-22-7-3-5-9-24(22)19-27;1-20-8-6-13-24(18-20)28(25-17-16-21-9-2-3-11-23(21)19-25)27-15-7-12-22-10-4-5-14-26(22)27;1-20-13-16-24(17-14-20)28(25-18-15-21-7-2-3-9-23(21)19-25)27-12-6-10-22-8-4-5-11-26(22)27/h5*2-19H,1H3. The van der Waals surface area contributed by atoms with Gasteiger partial charge in [-0.25, -0.2) is 0 Å². The zero-order chi connectivity index (χ0) is 94.6. The molecule has 5 heteroatoms. The highest BCUT2D eigenvalue weighted by Gasteiger charge is 2.23. The Kier molecular flexibility index (Phi) is 25.8. The van der Waals surface area contributed by atoms with Crippen molar-refractivity contribution >= 4 is 193 Å². The van der Waals surface area contributed by atoms with Crippen LogP contribution in [0.25, 0.3) is 108 Å². The van der Waals surface area contributed by atoms with E-state index in [9.17, 15) is 0 Å². The van der Waals surface area contributed by atoms with Crippen LogP contribution in [0.15, 0.2) is 546 Å². The van der Waals surface area contributed by atoms with E-state index in [-0.39, 0.29) is 0 Å². The molecule has 0 atom stereocenters. The van der Waals surface area contributed by atoms with Crippen molar-refractivity contribution in [2.24, 2.45) is 0 Å². The number of benzene rings is 25. The van der Waals surface area contributed by atoms with Crippen molar-refractivity contribution in [3.63, 3.8) is 0 Å². The molecule has 0 aromatic heterocycles. The summed E-state index contributed by atoms with van der Waals surface area (Å²) in [6, 6.07) is 195. The Bertz CT molecular complexity index is 8570. The first-order chi connectivity index (χ1) is 68.9. The third kappa shape index (κ3) is 19.4. The Labute approximate surface area is 820 Å². The lowest BCUT2D eigenvalue weighted by atomic mass is 10.0. The first-order valence-corrected chi connectivity index (χ1v) is 48.1. The van der Waals surface area contributed by atoms with Crippen LogP contribution in [0.4, 0.5) is 85.3 Å². The van der Waals surface area contributed by atoms with Crippen molar-refractivity contribution in [1.82, 2.24) is 0 Å². The summed E-state index contributed by atoms with van der Waals surface area (Å²) in [7, 11) is 0. The molecule has 0 bridgehead atoms. The lowest BCUT2D eigenvalue weighted by Crippen LogP contribution is -2.11. The zero-order valence-electron chi connectivity index (χ0n) is 79.2. The average molecular weight is 1800 g/mol. The summed E-state index contributed by atoms with van der Waals surface area (Å²) in [6.45, 7) is 10.7. The molecule has 140 heavy (non-hydrogen) atoms. The third-order valence-corrected chi connectivity index (χ3v) is 26.4. The van der Waals surface area contributed by atoms with Crippen molar-refractivity contribution in [3.8, 4) is 0 Å². The van der Waals surface area contributed by atoms with E-state index < -0.39 is 0 Å². The fourth-order valence-electron chi connectivity index (χ4n) is 19.3. The number of hydrogen-bond donors (Lipinski definition) is 0. The first-order valence-electron chi connectivity index (χ1n) is 48.1. The number of para-hydroxylation sites is 1. The van der Waals surface area contributed by atoms with Gasteiger partial charge in [-0.05, 0) is 301 Å². The Morgan fingerprint density at radius 3 is 0.600 bits per heavy atom. The summed E-state index contributed by atoms with van der Waals surface area (Å²) in [4.78, 5) is 11.8. The second kappa shape index (κ2) is 40.7. The van der Waals surface area contributed by atoms with Crippen molar-refractivity contribution in [2.45, 2.75) is 34.6 Å². The van der Waals surface area contributed by atoms with Crippen LogP contribution in [0.5, 0.6) is 0 Å². The second-order valence-electron chi connectivity index (χ2n) is 36.0. The van der Waals surface area contributed by atoms with Crippen LogP contribution < -0.4 is 24.5 Å². The Balaban J connectivity index is 0.000000104. The normalized spacial score (nSPS) is 11.0. The third-order valence-electron chi connectivity index (χ3n) is 26.4. The Morgan fingerprint density at radius 2 is 0.300 bits per heavy atom. The molecular weight excluding hydrogens is 1690 g/mol. The SMILES string of the molecule is Cc1ccc(N(c2ccc3ccccc3c2)c2ccc3ccccc3c2)cc1.Cc1ccc(N(c2ccc3ccccc3c2)c2cccc3ccccc23)cc1.Cc1cccc(N(c2ccc3ccccc3c2)c2ccc3ccccc3c2)c1.Cc1cccc(N(c2ccc3ccccc3c2)c2cccc3ccccc23)c1.Cc1ccccc1N(c1ccc2ccccc2c1)c1cccc2ccccc12. The van der Waals surface area contributed by atoms with E-state index in [1.54, 1.807) is 0 Å². The molecule has 0 fully saturated rings. The van der Waals surface area contributed by atoms with E-state index in [2.05, 4.69) is 605 Å². The highest BCUT2D eigenvalue weighted by Crippen LogP contribution is 2.47.